The van der Waals surface area contributed by atoms with Crippen molar-refractivity contribution in [2.75, 3.05) is 0 Å². The van der Waals surface area contributed by atoms with Gasteiger partial charge in [-0.05, 0) is 24.0 Å². The molecule has 2 N–H and O–H groups in total. The van der Waals surface area contributed by atoms with Gasteiger partial charge < -0.3 is 10.5 Å². The van der Waals surface area contributed by atoms with Crippen LogP contribution in [-0.2, 0) is 10.2 Å². The van der Waals surface area contributed by atoms with E-state index in [4.69, 9.17) is 10.5 Å². The third-order valence-corrected chi connectivity index (χ3v) is 2.40. The number of carbonyl (C=O) groups is 1. The molecule has 0 aromatic heterocycles. The van der Waals surface area contributed by atoms with E-state index in [1.165, 1.54) is 0 Å². The fourth-order valence-corrected chi connectivity index (χ4v) is 1.44. The zero-order chi connectivity index (χ0) is 12.3. The molecule has 3 heteroatoms. The van der Waals surface area contributed by atoms with Gasteiger partial charge in [-0.2, -0.15) is 0 Å². The van der Waals surface area contributed by atoms with Crippen LogP contribution in [0.3, 0.4) is 0 Å². The van der Waals surface area contributed by atoms with Crippen LogP contribution in [0.25, 0.3) is 0 Å². The number of hydrogen-bond acceptors (Lipinski definition) is 2. The van der Waals surface area contributed by atoms with Gasteiger partial charge in [0.2, 0.25) is 0 Å². The number of ether oxygens (including phenoxy) is 1. The van der Waals surface area contributed by atoms with Crippen LogP contribution in [0.15, 0.2) is 24.3 Å². The smallest absolute Gasteiger partial charge is 0.258 e. The van der Waals surface area contributed by atoms with Crippen LogP contribution in [0.4, 0.5) is 0 Å². The highest BCUT2D eigenvalue weighted by molar-refractivity contribution is 5.78. The van der Waals surface area contributed by atoms with Crippen LogP contribution in [0.2, 0.25) is 0 Å². The molecule has 0 aliphatic heterocycles. The Hall–Kier alpha value is -1.51. The fourth-order valence-electron chi connectivity index (χ4n) is 1.44. The summed E-state index contributed by atoms with van der Waals surface area (Å²) in [5, 5.41) is 0. The molecule has 0 radical (unpaired) electrons. The maximum Gasteiger partial charge on any atom is 0.258 e. The van der Waals surface area contributed by atoms with Gasteiger partial charge in [0, 0.05) is 0 Å². The van der Waals surface area contributed by atoms with E-state index >= 15 is 0 Å². The van der Waals surface area contributed by atoms with Gasteiger partial charge in [0.05, 0.1) is 0 Å². The first-order chi connectivity index (χ1) is 7.32. The van der Waals surface area contributed by atoms with Crippen molar-refractivity contribution in [2.24, 2.45) is 5.73 Å². The molecule has 3 nitrogen and oxygen atoms in total. The van der Waals surface area contributed by atoms with Crippen molar-refractivity contribution in [3.63, 3.8) is 0 Å². The minimum absolute atomic E-state index is 0.0199. The Morgan fingerprint density at radius 1 is 1.31 bits per heavy atom. The molecule has 0 saturated carbocycles. The number of para-hydroxylation sites is 1. The molecule has 0 spiro atoms. The van der Waals surface area contributed by atoms with E-state index in [9.17, 15) is 4.79 Å². The highest BCUT2D eigenvalue weighted by Crippen LogP contribution is 2.31. The summed E-state index contributed by atoms with van der Waals surface area (Å²) in [6, 6.07) is 7.71. The standard InChI is InChI=1S/C13H19NO2/c1-9(12(14)15)16-11-8-6-5-7-10(11)13(2,3)4/h5-9H,1-4H3,(H2,14,15). The van der Waals surface area contributed by atoms with E-state index in [1.807, 2.05) is 24.3 Å². The second-order valence-electron chi connectivity index (χ2n) is 4.91. The van der Waals surface area contributed by atoms with Crippen molar-refractivity contribution in [1.29, 1.82) is 0 Å². The molecule has 0 heterocycles. The van der Waals surface area contributed by atoms with Crippen LogP contribution < -0.4 is 10.5 Å². The summed E-state index contributed by atoms with van der Waals surface area (Å²) in [5.74, 6) is 0.269. The lowest BCUT2D eigenvalue weighted by molar-refractivity contribution is -0.124. The molecule has 1 rings (SSSR count). The third kappa shape index (κ3) is 2.99. The highest BCUT2D eigenvalue weighted by atomic mass is 16.5. The van der Waals surface area contributed by atoms with E-state index in [2.05, 4.69) is 20.8 Å². The van der Waals surface area contributed by atoms with Crippen LogP contribution in [0.1, 0.15) is 33.3 Å². The number of hydrogen-bond donors (Lipinski definition) is 1. The van der Waals surface area contributed by atoms with Crippen LogP contribution in [0, 0.1) is 0 Å². The lowest BCUT2D eigenvalue weighted by Crippen LogP contribution is -2.31. The Balaban J connectivity index is 3.01. The van der Waals surface area contributed by atoms with Gasteiger partial charge in [-0.15, -0.1) is 0 Å². The highest BCUT2D eigenvalue weighted by Gasteiger charge is 2.20. The lowest BCUT2D eigenvalue weighted by Gasteiger charge is -2.23. The second kappa shape index (κ2) is 4.56. The van der Waals surface area contributed by atoms with E-state index in [1.54, 1.807) is 6.92 Å². The second-order valence-corrected chi connectivity index (χ2v) is 4.91. The number of primary amides is 1. The van der Waals surface area contributed by atoms with E-state index in [-0.39, 0.29) is 5.41 Å². The predicted octanol–water partition coefficient (Wildman–Crippen LogP) is 2.24. The van der Waals surface area contributed by atoms with Crippen LogP contribution in [-0.4, -0.2) is 12.0 Å². The SMILES string of the molecule is CC(Oc1ccccc1C(C)(C)C)C(N)=O. The lowest BCUT2D eigenvalue weighted by atomic mass is 9.86. The molecule has 16 heavy (non-hydrogen) atoms. The molecule has 1 aromatic rings. The van der Waals surface area contributed by atoms with E-state index in [0.29, 0.717) is 0 Å². The molecule has 0 fully saturated rings. The Kier molecular flexibility index (Phi) is 3.58. The summed E-state index contributed by atoms with van der Waals surface area (Å²) in [4.78, 5) is 11.0. The van der Waals surface area contributed by atoms with Gasteiger partial charge in [-0.25, -0.2) is 0 Å². The molecule has 1 atom stereocenters. The average molecular weight is 221 g/mol. The van der Waals surface area contributed by atoms with Crippen molar-refractivity contribution in [1.82, 2.24) is 0 Å². The third-order valence-electron chi connectivity index (χ3n) is 2.40. The molecule has 88 valence electrons. The fraction of sp³-hybridized carbons (Fsp3) is 0.462. The molecule has 0 saturated heterocycles. The normalized spacial score (nSPS) is 13.2. The zero-order valence-electron chi connectivity index (χ0n) is 10.3. The van der Waals surface area contributed by atoms with Gasteiger partial charge in [-0.1, -0.05) is 39.0 Å². The molecule has 0 aliphatic carbocycles. The summed E-state index contributed by atoms with van der Waals surface area (Å²) in [6.07, 6.45) is -0.608. The number of carbonyl (C=O) groups excluding carboxylic acids is 1. The van der Waals surface area contributed by atoms with Gasteiger partial charge in [0.1, 0.15) is 5.75 Å². The van der Waals surface area contributed by atoms with Gasteiger partial charge >= 0.3 is 0 Å². The molecular formula is C13H19NO2. The Bertz CT molecular complexity index is 380. The summed E-state index contributed by atoms with van der Waals surface area (Å²) in [6.45, 7) is 7.96. The first-order valence-electron chi connectivity index (χ1n) is 5.38. The molecule has 1 unspecified atom stereocenters. The van der Waals surface area contributed by atoms with Crippen molar-refractivity contribution in [3.05, 3.63) is 29.8 Å². The van der Waals surface area contributed by atoms with Crippen molar-refractivity contribution >= 4 is 5.91 Å². The van der Waals surface area contributed by atoms with Crippen LogP contribution in [0.5, 0.6) is 5.75 Å². The summed E-state index contributed by atoms with van der Waals surface area (Å²) >= 11 is 0. The van der Waals surface area contributed by atoms with Gasteiger partial charge in [0.25, 0.3) is 5.91 Å². The number of nitrogens with two attached hydrogens (primary N) is 1. The minimum Gasteiger partial charge on any atom is -0.481 e. The van der Waals surface area contributed by atoms with E-state index in [0.717, 1.165) is 11.3 Å². The van der Waals surface area contributed by atoms with Gasteiger partial charge in [-0.3, -0.25) is 4.79 Å². The number of rotatable bonds is 3. The quantitative estimate of drug-likeness (QED) is 0.851. The van der Waals surface area contributed by atoms with Crippen molar-refractivity contribution in [3.8, 4) is 5.75 Å². The Morgan fingerprint density at radius 2 is 1.88 bits per heavy atom. The monoisotopic (exact) mass is 221 g/mol. The predicted molar refractivity (Wildman–Crippen MR) is 64.4 cm³/mol. The first kappa shape index (κ1) is 12.6. The molecule has 1 aromatic carbocycles. The van der Waals surface area contributed by atoms with Crippen molar-refractivity contribution < 1.29 is 9.53 Å². The maximum absolute atomic E-state index is 11.0. The van der Waals surface area contributed by atoms with Crippen molar-refractivity contribution in [2.45, 2.75) is 39.2 Å². The molecule has 1 amide bonds. The Morgan fingerprint density at radius 3 is 2.38 bits per heavy atom. The summed E-state index contributed by atoms with van der Waals surface area (Å²) in [7, 11) is 0. The number of benzene rings is 1. The molecule has 0 aliphatic rings. The molecular weight excluding hydrogens is 202 g/mol. The van der Waals surface area contributed by atoms with Gasteiger partial charge in [0.15, 0.2) is 6.10 Å². The first-order valence-corrected chi connectivity index (χ1v) is 5.38. The summed E-state index contributed by atoms with van der Waals surface area (Å²) < 4.78 is 5.56. The number of amides is 1. The topological polar surface area (TPSA) is 52.3 Å². The Labute approximate surface area is 96.6 Å². The maximum atomic E-state index is 11.0. The molecule has 0 bridgehead atoms. The minimum atomic E-state index is -0.608. The average Bonchev–Trinajstić information content (AvgIpc) is 2.16. The van der Waals surface area contributed by atoms with Crippen LogP contribution >= 0.6 is 0 Å². The summed E-state index contributed by atoms with van der Waals surface area (Å²) in [5.41, 5.74) is 6.23. The van der Waals surface area contributed by atoms with E-state index < -0.39 is 12.0 Å². The largest absolute Gasteiger partial charge is 0.481 e. The zero-order valence-corrected chi connectivity index (χ0v) is 10.3.